The van der Waals surface area contributed by atoms with Crippen LogP contribution in [0.25, 0.3) is 0 Å². The van der Waals surface area contributed by atoms with Crippen molar-refractivity contribution in [3.05, 3.63) is 0 Å². The lowest BCUT2D eigenvalue weighted by atomic mass is 10.1. The summed E-state index contributed by atoms with van der Waals surface area (Å²) in [5.41, 5.74) is 0. The molecule has 2 rings (SSSR count). The number of ether oxygens (including phenoxy) is 2. The van der Waals surface area contributed by atoms with Gasteiger partial charge in [-0.25, -0.2) is 0 Å². The Labute approximate surface area is 84.8 Å². The Morgan fingerprint density at radius 1 is 1.36 bits per heavy atom. The Hall–Kier alpha value is -0.160. The maximum Gasteiger partial charge on any atom is 0.0950 e. The van der Waals surface area contributed by atoms with Crippen LogP contribution < -0.4 is 0 Å². The monoisotopic (exact) mass is 201 g/mol. The van der Waals surface area contributed by atoms with Crippen LogP contribution in [0.2, 0.25) is 0 Å². The molecule has 0 amide bonds. The highest BCUT2D eigenvalue weighted by Crippen LogP contribution is 2.22. The molecule has 0 unspecified atom stereocenters. The van der Waals surface area contributed by atoms with Crippen molar-refractivity contribution in [1.82, 2.24) is 4.90 Å². The van der Waals surface area contributed by atoms with E-state index in [2.05, 4.69) is 18.7 Å². The van der Waals surface area contributed by atoms with Gasteiger partial charge in [0.15, 0.2) is 0 Å². The highest BCUT2D eigenvalue weighted by molar-refractivity contribution is 4.92. The molecule has 2 aliphatic heterocycles. The summed E-state index contributed by atoms with van der Waals surface area (Å²) < 4.78 is 10.9. The summed E-state index contributed by atoms with van der Waals surface area (Å²) in [7, 11) is 0. The maximum atomic E-state index is 9.59. The molecule has 4 nitrogen and oxygen atoms in total. The third-order valence-corrected chi connectivity index (χ3v) is 2.83. The van der Waals surface area contributed by atoms with E-state index in [-0.39, 0.29) is 12.1 Å². The van der Waals surface area contributed by atoms with E-state index in [4.69, 9.17) is 9.47 Å². The molecule has 2 atom stereocenters. The van der Waals surface area contributed by atoms with Gasteiger partial charge >= 0.3 is 0 Å². The third-order valence-electron chi connectivity index (χ3n) is 2.83. The number of hydrogen-bond acceptors (Lipinski definition) is 4. The minimum atomic E-state index is -0.310. The molecule has 0 bridgehead atoms. The number of nitrogens with zero attached hydrogens (tertiary/aromatic N) is 1. The van der Waals surface area contributed by atoms with E-state index < -0.39 is 0 Å². The second kappa shape index (κ2) is 4.14. The predicted molar refractivity (Wildman–Crippen MR) is 52.2 cm³/mol. The second-order valence-electron chi connectivity index (χ2n) is 4.43. The quantitative estimate of drug-likeness (QED) is 0.690. The first-order valence-corrected chi connectivity index (χ1v) is 5.32. The van der Waals surface area contributed by atoms with Crippen LogP contribution in [0.3, 0.4) is 0 Å². The van der Waals surface area contributed by atoms with Gasteiger partial charge in [0.25, 0.3) is 0 Å². The van der Waals surface area contributed by atoms with Crippen molar-refractivity contribution >= 4 is 0 Å². The van der Waals surface area contributed by atoms with Crippen LogP contribution in [0.15, 0.2) is 0 Å². The van der Waals surface area contributed by atoms with E-state index in [1.165, 1.54) is 0 Å². The Kier molecular flexibility index (Phi) is 3.07. The molecule has 0 aromatic heterocycles. The number of aliphatic hydroxyl groups is 1. The number of aliphatic hydroxyl groups excluding tert-OH is 1. The smallest absolute Gasteiger partial charge is 0.0950 e. The molecule has 0 aromatic carbocycles. The molecular weight excluding hydrogens is 182 g/mol. The molecule has 4 heteroatoms. The number of likely N-dealkylation sites (tertiary alicyclic amines) is 1. The van der Waals surface area contributed by atoms with E-state index >= 15 is 0 Å². The fourth-order valence-corrected chi connectivity index (χ4v) is 2.09. The van der Waals surface area contributed by atoms with E-state index in [1.807, 2.05) is 0 Å². The first-order valence-electron chi connectivity index (χ1n) is 5.32. The van der Waals surface area contributed by atoms with Crippen LogP contribution in [-0.2, 0) is 9.47 Å². The third kappa shape index (κ3) is 2.08. The van der Waals surface area contributed by atoms with E-state index in [0.29, 0.717) is 25.4 Å². The largest absolute Gasteiger partial charge is 0.389 e. The lowest BCUT2D eigenvalue weighted by Gasteiger charge is -2.43. The van der Waals surface area contributed by atoms with Gasteiger partial charge < -0.3 is 14.6 Å². The maximum absolute atomic E-state index is 9.59. The average molecular weight is 201 g/mol. The number of hydrogen-bond donors (Lipinski definition) is 1. The van der Waals surface area contributed by atoms with Gasteiger partial charge in [-0.1, -0.05) is 0 Å². The van der Waals surface area contributed by atoms with Gasteiger partial charge in [0.1, 0.15) is 0 Å². The molecule has 1 N–H and O–H groups in total. The van der Waals surface area contributed by atoms with E-state index in [0.717, 1.165) is 13.1 Å². The van der Waals surface area contributed by atoms with Gasteiger partial charge in [0.2, 0.25) is 0 Å². The van der Waals surface area contributed by atoms with Crippen LogP contribution in [0.1, 0.15) is 13.8 Å². The second-order valence-corrected chi connectivity index (χ2v) is 4.43. The summed E-state index contributed by atoms with van der Waals surface area (Å²) in [5, 5.41) is 9.59. The minimum absolute atomic E-state index is 0.196. The summed E-state index contributed by atoms with van der Waals surface area (Å²) in [5.74, 6) is 0. The zero-order chi connectivity index (χ0) is 10.1. The van der Waals surface area contributed by atoms with E-state index in [1.54, 1.807) is 0 Å². The summed E-state index contributed by atoms with van der Waals surface area (Å²) in [6, 6.07) is 0.196. The Morgan fingerprint density at radius 2 is 2.07 bits per heavy atom. The van der Waals surface area contributed by atoms with Crippen LogP contribution in [0.5, 0.6) is 0 Å². The summed E-state index contributed by atoms with van der Waals surface area (Å²) >= 11 is 0. The Bertz CT molecular complexity index is 192. The fourth-order valence-electron chi connectivity index (χ4n) is 2.09. The van der Waals surface area contributed by atoms with Gasteiger partial charge in [0, 0.05) is 13.1 Å². The predicted octanol–water partition coefficient (Wildman–Crippen LogP) is -0.145. The molecule has 14 heavy (non-hydrogen) atoms. The van der Waals surface area contributed by atoms with Crippen molar-refractivity contribution in [3.63, 3.8) is 0 Å². The standard InChI is InChI=1S/C10H19NO3/c1-7(2)14-8-3-11(4-8)9-5-13-6-10(9)12/h7-10,12H,3-6H2,1-2H3/t9-,10-/m1/s1. The molecule has 0 saturated carbocycles. The molecule has 0 spiro atoms. The molecule has 0 aliphatic carbocycles. The molecule has 82 valence electrons. The van der Waals surface area contributed by atoms with Gasteiger partial charge in [0.05, 0.1) is 37.6 Å². The normalized spacial score (nSPS) is 35.1. The van der Waals surface area contributed by atoms with Gasteiger partial charge in [-0.2, -0.15) is 0 Å². The van der Waals surface area contributed by atoms with Crippen LogP contribution >= 0.6 is 0 Å². The first-order chi connectivity index (χ1) is 6.66. The molecule has 0 aromatic rings. The highest BCUT2D eigenvalue weighted by atomic mass is 16.5. The topological polar surface area (TPSA) is 41.9 Å². The average Bonchev–Trinajstić information content (AvgIpc) is 2.42. The van der Waals surface area contributed by atoms with Crippen molar-refractivity contribution in [2.45, 2.75) is 38.2 Å². The first kappa shape index (κ1) is 10.4. The summed E-state index contributed by atoms with van der Waals surface area (Å²) in [6.07, 6.45) is 0.338. The van der Waals surface area contributed by atoms with Gasteiger partial charge in [-0.05, 0) is 13.8 Å². The summed E-state index contributed by atoms with van der Waals surface area (Å²) in [6.45, 7) is 7.12. The van der Waals surface area contributed by atoms with Crippen LogP contribution in [0, 0.1) is 0 Å². The fraction of sp³-hybridized carbons (Fsp3) is 1.00. The van der Waals surface area contributed by atoms with Crippen LogP contribution in [-0.4, -0.2) is 60.7 Å². The number of rotatable bonds is 3. The van der Waals surface area contributed by atoms with Gasteiger partial charge in [-0.3, -0.25) is 4.90 Å². The summed E-state index contributed by atoms with van der Waals surface area (Å²) in [4.78, 5) is 2.24. The minimum Gasteiger partial charge on any atom is -0.389 e. The Balaban J connectivity index is 1.72. The van der Waals surface area contributed by atoms with Gasteiger partial charge in [-0.15, -0.1) is 0 Å². The molecular formula is C10H19NO3. The molecule has 2 fully saturated rings. The van der Waals surface area contributed by atoms with Crippen molar-refractivity contribution in [2.75, 3.05) is 26.3 Å². The lowest BCUT2D eigenvalue weighted by Crippen LogP contribution is -2.59. The zero-order valence-corrected chi connectivity index (χ0v) is 8.85. The molecule has 2 heterocycles. The van der Waals surface area contributed by atoms with Crippen LogP contribution in [0.4, 0.5) is 0 Å². The van der Waals surface area contributed by atoms with Crippen molar-refractivity contribution in [1.29, 1.82) is 0 Å². The molecule has 2 aliphatic rings. The molecule has 0 radical (unpaired) electrons. The lowest BCUT2D eigenvalue weighted by molar-refractivity contribution is -0.105. The van der Waals surface area contributed by atoms with Crippen molar-refractivity contribution in [2.24, 2.45) is 0 Å². The highest BCUT2D eigenvalue weighted by Gasteiger charge is 2.39. The van der Waals surface area contributed by atoms with Crippen molar-refractivity contribution in [3.8, 4) is 0 Å². The zero-order valence-electron chi connectivity index (χ0n) is 8.85. The van der Waals surface area contributed by atoms with E-state index in [9.17, 15) is 5.11 Å². The Morgan fingerprint density at radius 3 is 2.57 bits per heavy atom. The van der Waals surface area contributed by atoms with Crippen molar-refractivity contribution < 1.29 is 14.6 Å². The molecule has 2 saturated heterocycles. The SMILES string of the molecule is CC(C)OC1CN([C@@H]2COC[C@H]2O)C1.